The van der Waals surface area contributed by atoms with Crippen LogP contribution in [0.15, 0.2) is 12.4 Å². The number of imidazole rings is 1. The second-order valence-corrected chi connectivity index (χ2v) is 3.74. The summed E-state index contributed by atoms with van der Waals surface area (Å²) < 4.78 is 1.80. The molecule has 1 aliphatic rings. The van der Waals surface area contributed by atoms with E-state index in [1.807, 2.05) is 13.2 Å². The molecule has 0 bridgehead atoms. The summed E-state index contributed by atoms with van der Waals surface area (Å²) in [6.07, 6.45) is 5.66. The average molecular weight is 178 g/mol. The Morgan fingerprint density at radius 1 is 1.77 bits per heavy atom. The van der Waals surface area contributed by atoms with Crippen LogP contribution in [0.3, 0.4) is 0 Å². The highest BCUT2D eigenvalue weighted by atomic mass is 16.1. The summed E-state index contributed by atoms with van der Waals surface area (Å²) in [7, 11) is 1.86. The lowest BCUT2D eigenvalue weighted by Crippen LogP contribution is -2.10. The van der Waals surface area contributed by atoms with Gasteiger partial charge >= 0.3 is 0 Å². The van der Waals surface area contributed by atoms with Crippen molar-refractivity contribution in [2.75, 3.05) is 0 Å². The maximum Gasteiger partial charge on any atom is 0.201 e. The molecule has 2 atom stereocenters. The van der Waals surface area contributed by atoms with E-state index >= 15 is 0 Å². The van der Waals surface area contributed by atoms with Gasteiger partial charge in [0, 0.05) is 25.4 Å². The van der Waals surface area contributed by atoms with Gasteiger partial charge in [0.2, 0.25) is 5.78 Å². The van der Waals surface area contributed by atoms with Crippen LogP contribution >= 0.6 is 0 Å². The molecule has 0 amide bonds. The highest BCUT2D eigenvalue weighted by Crippen LogP contribution is 2.42. The molecule has 0 unspecified atom stereocenters. The molecule has 3 nitrogen and oxygen atoms in total. The lowest BCUT2D eigenvalue weighted by molar-refractivity contribution is 0.0947. The van der Waals surface area contributed by atoms with Crippen molar-refractivity contribution >= 4 is 5.78 Å². The SMILES string of the molecule is CC[C@@H]1C[C@H]1C(=O)c1nccn1C. The molecule has 1 aromatic rings. The summed E-state index contributed by atoms with van der Waals surface area (Å²) in [4.78, 5) is 15.8. The summed E-state index contributed by atoms with van der Waals surface area (Å²) in [5.74, 6) is 1.70. The summed E-state index contributed by atoms with van der Waals surface area (Å²) in [6, 6.07) is 0. The highest BCUT2D eigenvalue weighted by molar-refractivity contribution is 5.96. The topological polar surface area (TPSA) is 34.9 Å². The number of rotatable bonds is 3. The average Bonchev–Trinajstić information content (AvgIpc) is 2.80. The van der Waals surface area contributed by atoms with Crippen molar-refractivity contribution < 1.29 is 4.79 Å². The van der Waals surface area contributed by atoms with E-state index in [4.69, 9.17) is 0 Å². The number of carbonyl (C=O) groups is 1. The Bertz CT molecular complexity index is 329. The summed E-state index contributed by atoms with van der Waals surface area (Å²) >= 11 is 0. The summed E-state index contributed by atoms with van der Waals surface area (Å²) in [5.41, 5.74) is 0. The monoisotopic (exact) mass is 178 g/mol. The Balaban J connectivity index is 2.11. The van der Waals surface area contributed by atoms with Gasteiger partial charge in [-0.2, -0.15) is 0 Å². The fraction of sp³-hybridized carbons (Fsp3) is 0.600. The summed E-state index contributed by atoms with van der Waals surface area (Å²) in [5, 5.41) is 0. The van der Waals surface area contributed by atoms with Gasteiger partial charge in [0.25, 0.3) is 0 Å². The smallest absolute Gasteiger partial charge is 0.201 e. The fourth-order valence-electron chi connectivity index (χ4n) is 1.79. The molecular weight excluding hydrogens is 164 g/mol. The molecule has 70 valence electrons. The Kier molecular flexibility index (Phi) is 1.94. The van der Waals surface area contributed by atoms with E-state index in [-0.39, 0.29) is 11.7 Å². The predicted octanol–water partition coefficient (Wildman–Crippen LogP) is 1.65. The van der Waals surface area contributed by atoms with Gasteiger partial charge < -0.3 is 4.57 Å². The fourth-order valence-corrected chi connectivity index (χ4v) is 1.79. The van der Waals surface area contributed by atoms with Crippen LogP contribution in [0.25, 0.3) is 0 Å². The number of Topliss-reactive ketones (excluding diaryl/α,β-unsaturated/α-hetero) is 1. The molecule has 1 aromatic heterocycles. The van der Waals surface area contributed by atoms with Crippen molar-refractivity contribution in [2.45, 2.75) is 19.8 Å². The van der Waals surface area contributed by atoms with Gasteiger partial charge in [-0.1, -0.05) is 13.3 Å². The quantitative estimate of drug-likeness (QED) is 0.659. The zero-order valence-corrected chi connectivity index (χ0v) is 8.03. The normalized spacial score (nSPS) is 26.0. The number of hydrogen-bond acceptors (Lipinski definition) is 2. The van der Waals surface area contributed by atoms with Crippen LogP contribution in [0.5, 0.6) is 0 Å². The van der Waals surface area contributed by atoms with Gasteiger partial charge in [0.15, 0.2) is 5.82 Å². The van der Waals surface area contributed by atoms with Crippen molar-refractivity contribution in [3.05, 3.63) is 18.2 Å². The standard InChI is InChI=1S/C10H14N2O/c1-3-7-6-8(7)9(13)10-11-4-5-12(10)2/h4-5,7-8H,3,6H2,1-2H3/t7-,8-/m1/s1. The number of aryl methyl sites for hydroxylation is 1. The van der Waals surface area contributed by atoms with Crippen LogP contribution in [0.4, 0.5) is 0 Å². The molecule has 0 N–H and O–H groups in total. The lowest BCUT2D eigenvalue weighted by atomic mass is 10.2. The largest absolute Gasteiger partial charge is 0.332 e. The zero-order chi connectivity index (χ0) is 9.42. The van der Waals surface area contributed by atoms with Crippen LogP contribution in [-0.4, -0.2) is 15.3 Å². The molecule has 1 aliphatic carbocycles. The summed E-state index contributed by atoms with van der Waals surface area (Å²) in [6.45, 7) is 2.14. The first-order chi connectivity index (χ1) is 6.24. The van der Waals surface area contributed by atoms with Gasteiger partial charge in [-0.3, -0.25) is 4.79 Å². The van der Waals surface area contributed by atoms with E-state index in [9.17, 15) is 4.79 Å². The minimum absolute atomic E-state index is 0.222. The molecule has 1 heterocycles. The third-order valence-electron chi connectivity index (χ3n) is 2.83. The number of nitrogens with zero attached hydrogens (tertiary/aromatic N) is 2. The number of ketones is 1. The number of aromatic nitrogens is 2. The molecule has 0 spiro atoms. The second kappa shape index (κ2) is 2.98. The molecule has 1 saturated carbocycles. The van der Waals surface area contributed by atoms with Gasteiger partial charge in [-0.25, -0.2) is 4.98 Å². The van der Waals surface area contributed by atoms with Crippen LogP contribution in [0.1, 0.15) is 30.4 Å². The molecule has 0 radical (unpaired) electrons. The Hall–Kier alpha value is -1.12. The Morgan fingerprint density at radius 3 is 3.00 bits per heavy atom. The van der Waals surface area contributed by atoms with Crippen LogP contribution in [0, 0.1) is 11.8 Å². The van der Waals surface area contributed by atoms with E-state index in [0.717, 1.165) is 12.8 Å². The van der Waals surface area contributed by atoms with E-state index < -0.39 is 0 Å². The molecule has 3 heteroatoms. The molecular formula is C10H14N2O. The minimum atomic E-state index is 0.222. The number of hydrogen-bond donors (Lipinski definition) is 0. The molecule has 0 aromatic carbocycles. The third kappa shape index (κ3) is 1.39. The minimum Gasteiger partial charge on any atom is -0.332 e. The molecule has 0 saturated heterocycles. The molecule has 2 rings (SSSR count). The van der Waals surface area contributed by atoms with Gasteiger partial charge in [-0.05, 0) is 12.3 Å². The van der Waals surface area contributed by atoms with E-state index in [0.29, 0.717) is 11.7 Å². The zero-order valence-electron chi connectivity index (χ0n) is 8.03. The molecule has 1 fully saturated rings. The number of carbonyl (C=O) groups excluding carboxylic acids is 1. The van der Waals surface area contributed by atoms with Gasteiger partial charge in [0.1, 0.15) is 0 Å². The third-order valence-corrected chi connectivity index (χ3v) is 2.83. The Morgan fingerprint density at radius 2 is 2.54 bits per heavy atom. The maximum absolute atomic E-state index is 11.8. The van der Waals surface area contributed by atoms with Gasteiger partial charge in [-0.15, -0.1) is 0 Å². The Labute approximate surface area is 77.8 Å². The van der Waals surface area contributed by atoms with Crippen molar-refractivity contribution in [2.24, 2.45) is 18.9 Å². The van der Waals surface area contributed by atoms with Crippen LogP contribution in [-0.2, 0) is 7.05 Å². The van der Waals surface area contributed by atoms with Crippen molar-refractivity contribution in [1.82, 2.24) is 9.55 Å². The first kappa shape index (κ1) is 8.48. The lowest BCUT2D eigenvalue weighted by Gasteiger charge is -1.98. The van der Waals surface area contributed by atoms with Crippen molar-refractivity contribution in [3.8, 4) is 0 Å². The predicted molar refractivity (Wildman–Crippen MR) is 49.4 cm³/mol. The first-order valence-electron chi connectivity index (χ1n) is 4.75. The second-order valence-electron chi connectivity index (χ2n) is 3.74. The van der Waals surface area contributed by atoms with Crippen LogP contribution in [0.2, 0.25) is 0 Å². The van der Waals surface area contributed by atoms with Crippen molar-refractivity contribution in [1.29, 1.82) is 0 Å². The van der Waals surface area contributed by atoms with Crippen molar-refractivity contribution in [3.63, 3.8) is 0 Å². The molecule has 13 heavy (non-hydrogen) atoms. The van der Waals surface area contributed by atoms with E-state index in [1.54, 1.807) is 10.8 Å². The molecule has 0 aliphatic heterocycles. The van der Waals surface area contributed by atoms with E-state index in [2.05, 4.69) is 11.9 Å². The maximum atomic E-state index is 11.8. The van der Waals surface area contributed by atoms with E-state index in [1.165, 1.54) is 0 Å². The highest BCUT2D eigenvalue weighted by Gasteiger charge is 2.42. The first-order valence-corrected chi connectivity index (χ1v) is 4.75. The van der Waals surface area contributed by atoms with Crippen LogP contribution < -0.4 is 0 Å². The van der Waals surface area contributed by atoms with Gasteiger partial charge in [0.05, 0.1) is 0 Å².